The Bertz CT molecular complexity index is 398. The first kappa shape index (κ1) is 10.9. The smallest absolute Gasteiger partial charge is 0.135 e. The van der Waals surface area contributed by atoms with E-state index in [0.29, 0.717) is 12.5 Å². The molecule has 1 aliphatic rings. The first-order chi connectivity index (χ1) is 7.09. The molecule has 0 bridgehead atoms. The predicted molar refractivity (Wildman–Crippen MR) is 62.0 cm³/mol. The highest BCUT2D eigenvalue weighted by Gasteiger charge is 2.22. The van der Waals surface area contributed by atoms with Crippen LogP contribution in [0.15, 0.2) is 4.60 Å². The van der Waals surface area contributed by atoms with Crippen molar-refractivity contribution in [2.24, 2.45) is 0 Å². The van der Waals surface area contributed by atoms with Crippen molar-refractivity contribution in [1.29, 1.82) is 0 Å². The van der Waals surface area contributed by atoms with Gasteiger partial charge >= 0.3 is 0 Å². The molecular formula is C11H15BrN2O. The van der Waals surface area contributed by atoms with E-state index in [2.05, 4.69) is 32.4 Å². The topological polar surface area (TPSA) is 34.9 Å². The van der Waals surface area contributed by atoms with Gasteiger partial charge in [0.2, 0.25) is 0 Å². The van der Waals surface area contributed by atoms with Gasteiger partial charge in [-0.15, -0.1) is 0 Å². The summed E-state index contributed by atoms with van der Waals surface area (Å²) in [5, 5.41) is 0. The maximum Gasteiger partial charge on any atom is 0.135 e. The van der Waals surface area contributed by atoms with Crippen LogP contribution in [0.3, 0.4) is 0 Å². The van der Waals surface area contributed by atoms with Gasteiger partial charge in [-0.1, -0.05) is 0 Å². The molecule has 0 aromatic carbocycles. The van der Waals surface area contributed by atoms with E-state index in [1.807, 2.05) is 0 Å². The minimum Gasteiger partial charge on any atom is -0.320 e. The maximum atomic E-state index is 11.1. The van der Waals surface area contributed by atoms with E-state index in [4.69, 9.17) is 0 Å². The quantitative estimate of drug-likeness (QED) is 0.828. The monoisotopic (exact) mass is 270 g/mol. The number of halogens is 1. The SMILES string of the molecule is CC(=O)Cc1nc2n(c1Br)C(C)CCC2. The van der Waals surface area contributed by atoms with E-state index >= 15 is 0 Å². The lowest BCUT2D eigenvalue weighted by molar-refractivity contribution is -0.116. The number of nitrogens with zero attached hydrogens (tertiary/aromatic N) is 2. The molecule has 82 valence electrons. The summed E-state index contributed by atoms with van der Waals surface area (Å²) in [4.78, 5) is 15.6. The van der Waals surface area contributed by atoms with Crippen LogP contribution < -0.4 is 0 Å². The van der Waals surface area contributed by atoms with E-state index in [1.165, 1.54) is 12.8 Å². The molecule has 1 unspecified atom stereocenters. The van der Waals surface area contributed by atoms with Crippen molar-refractivity contribution in [3.8, 4) is 0 Å². The summed E-state index contributed by atoms with van der Waals surface area (Å²) >= 11 is 3.55. The molecule has 2 rings (SSSR count). The Kier molecular flexibility index (Phi) is 2.96. The second-order valence-corrected chi connectivity index (χ2v) is 5.01. The number of fused-ring (bicyclic) bond motifs is 1. The molecule has 1 aromatic rings. The Morgan fingerprint density at radius 3 is 3.00 bits per heavy atom. The highest BCUT2D eigenvalue weighted by Crippen LogP contribution is 2.31. The zero-order valence-corrected chi connectivity index (χ0v) is 10.7. The average Bonchev–Trinajstić information content (AvgIpc) is 2.44. The van der Waals surface area contributed by atoms with Gasteiger partial charge in [-0.2, -0.15) is 0 Å². The molecule has 0 aliphatic carbocycles. The summed E-state index contributed by atoms with van der Waals surface area (Å²) in [7, 11) is 0. The molecule has 4 heteroatoms. The molecular weight excluding hydrogens is 256 g/mol. The van der Waals surface area contributed by atoms with Crippen molar-refractivity contribution in [3.63, 3.8) is 0 Å². The third-order valence-corrected chi connectivity index (χ3v) is 3.71. The summed E-state index contributed by atoms with van der Waals surface area (Å²) in [6, 6.07) is 0.497. The highest BCUT2D eigenvalue weighted by atomic mass is 79.9. The number of rotatable bonds is 2. The van der Waals surface area contributed by atoms with Gasteiger partial charge in [-0.25, -0.2) is 4.98 Å². The molecule has 0 N–H and O–H groups in total. The van der Waals surface area contributed by atoms with Crippen LogP contribution in [-0.2, 0) is 17.6 Å². The molecule has 2 heterocycles. The predicted octanol–water partition coefficient (Wildman–Crippen LogP) is 2.67. The highest BCUT2D eigenvalue weighted by molar-refractivity contribution is 9.10. The molecule has 0 spiro atoms. The third-order valence-electron chi connectivity index (χ3n) is 2.87. The van der Waals surface area contributed by atoms with Crippen molar-refractivity contribution in [1.82, 2.24) is 9.55 Å². The number of imidazole rings is 1. The Balaban J connectivity index is 2.39. The van der Waals surface area contributed by atoms with Gasteiger partial charge < -0.3 is 4.57 Å². The van der Waals surface area contributed by atoms with Crippen LogP contribution in [0.4, 0.5) is 0 Å². The first-order valence-electron chi connectivity index (χ1n) is 5.34. The summed E-state index contributed by atoms with van der Waals surface area (Å²) in [6.45, 7) is 3.81. The summed E-state index contributed by atoms with van der Waals surface area (Å²) in [5.74, 6) is 1.29. The number of aryl methyl sites for hydroxylation is 1. The van der Waals surface area contributed by atoms with E-state index in [0.717, 1.165) is 22.5 Å². The lowest BCUT2D eigenvalue weighted by Crippen LogP contribution is -2.15. The normalized spacial score (nSPS) is 20.1. The fourth-order valence-corrected chi connectivity index (χ4v) is 2.95. The number of hydrogen-bond acceptors (Lipinski definition) is 2. The number of carbonyl (C=O) groups excluding carboxylic acids is 1. The van der Waals surface area contributed by atoms with Crippen molar-refractivity contribution in [3.05, 3.63) is 16.1 Å². The molecule has 0 fully saturated rings. The fourth-order valence-electron chi connectivity index (χ4n) is 2.17. The van der Waals surface area contributed by atoms with Gasteiger partial charge in [0, 0.05) is 12.5 Å². The average molecular weight is 271 g/mol. The standard InChI is InChI=1S/C11H15BrN2O/c1-7-4-3-5-10-13-9(6-8(2)15)11(12)14(7)10/h7H,3-6H2,1-2H3. The molecule has 1 atom stereocenters. The maximum absolute atomic E-state index is 11.1. The van der Waals surface area contributed by atoms with Crippen molar-refractivity contribution < 1.29 is 4.79 Å². The lowest BCUT2D eigenvalue weighted by atomic mass is 10.1. The molecule has 0 radical (unpaired) electrons. The minimum atomic E-state index is 0.166. The Morgan fingerprint density at radius 1 is 1.67 bits per heavy atom. The second kappa shape index (κ2) is 4.08. The number of aromatic nitrogens is 2. The fraction of sp³-hybridized carbons (Fsp3) is 0.636. The largest absolute Gasteiger partial charge is 0.320 e. The molecule has 15 heavy (non-hydrogen) atoms. The van der Waals surface area contributed by atoms with E-state index < -0.39 is 0 Å². The Hall–Kier alpha value is -0.640. The van der Waals surface area contributed by atoms with Gasteiger partial charge in [0.05, 0.1) is 12.1 Å². The molecule has 0 amide bonds. The van der Waals surface area contributed by atoms with Crippen molar-refractivity contribution >= 4 is 21.7 Å². The molecule has 0 saturated heterocycles. The van der Waals surface area contributed by atoms with Gasteiger partial charge in [0.25, 0.3) is 0 Å². The van der Waals surface area contributed by atoms with Crippen molar-refractivity contribution in [2.45, 2.75) is 45.6 Å². The lowest BCUT2D eigenvalue weighted by Gasteiger charge is -2.22. The Labute approximate surface area is 98.0 Å². The van der Waals surface area contributed by atoms with E-state index in [1.54, 1.807) is 6.92 Å². The van der Waals surface area contributed by atoms with Crippen LogP contribution in [-0.4, -0.2) is 15.3 Å². The molecule has 3 nitrogen and oxygen atoms in total. The zero-order chi connectivity index (χ0) is 11.0. The van der Waals surface area contributed by atoms with Gasteiger partial charge in [-0.05, 0) is 42.6 Å². The second-order valence-electron chi connectivity index (χ2n) is 4.26. The Morgan fingerprint density at radius 2 is 2.40 bits per heavy atom. The van der Waals surface area contributed by atoms with E-state index in [9.17, 15) is 4.79 Å². The summed E-state index contributed by atoms with van der Waals surface area (Å²) in [5.41, 5.74) is 0.895. The first-order valence-corrected chi connectivity index (χ1v) is 6.13. The van der Waals surface area contributed by atoms with Crippen LogP contribution in [0.2, 0.25) is 0 Å². The summed E-state index contributed by atoms with van der Waals surface area (Å²) in [6.07, 6.45) is 3.86. The van der Waals surface area contributed by atoms with Crippen LogP contribution in [0.1, 0.15) is 44.2 Å². The number of ketones is 1. The van der Waals surface area contributed by atoms with Gasteiger partial charge in [0.15, 0.2) is 0 Å². The number of Topliss-reactive ketones (excluding diaryl/α,β-unsaturated/α-hetero) is 1. The van der Waals surface area contributed by atoms with Gasteiger partial charge in [0.1, 0.15) is 16.2 Å². The van der Waals surface area contributed by atoms with Crippen LogP contribution in [0.5, 0.6) is 0 Å². The number of hydrogen-bond donors (Lipinski definition) is 0. The van der Waals surface area contributed by atoms with Crippen molar-refractivity contribution in [2.75, 3.05) is 0 Å². The van der Waals surface area contributed by atoms with Crippen LogP contribution in [0, 0.1) is 0 Å². The molecule has 1 aromatic heterocycles. The summed E-state index contributed by atoms with van der Waals surface area (Å²) < 4.78 is 3.22. The van der Waals surface area contributed by atoms with Crippen LogP contribution in [0.25, 0.3) is 0 Å². The van der Waals surface area contributed by atoms with Gasteiger partial charge in [-0.3, -0.25) is 4.79 Å². The van der Waals surface area contributed by atoms with Crippen LogP contribution >= 0.6 is 15.9 Å². The van der Waals surface area contributed by atoms with E-state index in [-0.39, 0.29) is 5.78 Å². The minimum absolute atomic E-state index is 0.166. The molecule has 1 aliphatic heterocycles. The molecule has 0 saturated carbocycles. The third kappa shape index (κ3) is 2.00. The zero-order valence-electron chi connectivity index (χ0n) is 9.09. The number of carbonyl (C=O) groups is 1.